The van der Waals surface area contributed by atoms with E-state index >= 15 is 0 Å². The molecule has 21 heavy (non-hydrogen) atoms. The van der Waals surface area contributed by atoms with Crippen LogP contribution in [0.5, 0.6) is 0 Å². The van der Waals surface area contributed by atoms with E-state index in [4.69, 9.17) is 0 Å². The summed E-state index contributed by atoms with van der Waals surface area (Å²) in [5.41, 5.74) is 0. The minimum absolute atomic E-state index is 0.279. The van der Waals surface area contributed by atoms with Crippen LogP contribution >= 0.6 is 0 Å². The number of hydrogen-bond acceptors (Lipinski definition) is 2. The van der Waals surface area contributed by atoms with Gasteiger partial charge in [-0.1, -0.05) is 20.3 Å². The predicted octanol–water partition coefficient (Wildman–Crippen LogP) is 2.89. The number of carbonyl (C=O) groups is 1. The fraction of sp³-hybridized carbons (Fsp3) is 0.941. The molecule has 4 heteroatoms. The molecule has 0 radical (unpaired) electrons. The first kappa shape index (κ1) is 16.6. The Labute approximate surface area is 130 Å². The average molecular weight is 295 g/mol. The van der Waals surface area contributed by atoms with Gasteiger partial charge in [0.05, 0.1) is 0 Å². The van der Waals surface area contributed by atoms with Crippen LogP contribution in [0.2, 0.25) is 0 Å². The Kier molecular flexibility index (Phi) is 5.91. The molecule has 2 fully saturated rings. The van der Waals surface area contributed by atoms with Crippen molar-refractivity contribution in [2.24, 2.45) is 11.8 Å². The van der Waals surface area contributed by atoms with Crippen LogP contribution in [0.3, 0.4) is 0 Å². The topological polar surface area (TPSA) is 26.8 Å². The van der Waals surface area contributed by atoms with Gasteiger partial charge in [0.2, 0.25) is 0 Å². The Bertz CT molecular complexity index is 329. The molecule has 2 aliphatic heterocycles. The van der Waals surface area contributed by atoms with Gasteiger partial charge in [0, 0.05) is 45.3 Å². The molecule has 1 unspecified atom stereocenters. The summed E-state index contributed by atoms with van der Waals surface area (Å²) in [7, 11) is 0. The number of piperidine rings is 1. The highest BCUT2D eigenvalue weighted by atomic mass is 16.2. The zero-order chi connectivity index (χ0) is 15.4. The van der Waals surface area contributed by atoms with Crippen LogP contribution in [0.1, 0.15) is 47.0 Å². The Hall–Kier alpha value is -0.770. The minimum Gasteiger partial charge on any atom is -0.325 e. The smallest absolute Gasteiger partial charge is 0.320 e. The number of hydrogen-bond donors (Lipinski definition) is 0. The maximum absolute atomic E-state index is 12.6. The molecule has 2 heterocycles. The van der Waals surface area contributed by atoms with Gasteiger partial charge < -0.3 is 9.80 Å². The second-order valence-electron chi connectivity index (χ2n) is 7.11. The summed E-state index contributed by atoms with van der Waals surface area (Å²) in [6, 6.07) is 0.870. The lowest BCUT2D eigenvalue weighted by Crippen LogP contribution is -2.55. The summed E-state index contributed by atoms with van der Waals surface area (Å²) in [6.45, 7) is 14.8. The standard InChI is InChI=1S/C17H33N3O/c1-5-15(4)16-6-8-19(9-7-16)17(21)20-12-10-18(11-13-20)14(2)3/h14-16H,5-13H2,1-4H3. The Morgan fingerprint density at radius 1 is 0.952 bits per heavy atom. The SMILES string of the molecule is CCC(C)C1CCN(C(=O)N2CCN(C(C)C)CC2)CC1. The summed E-state index contributed by atoms with van der Waals surface area (Å²) < 4.78 is 0. The molecule has 0 aromatic rings. The van der Waals surface area contributed by atoms with Crippen LogP contribution in [-0.4, -0.2) is 66.0 Å². The van der Waals surface area contributed by atoms with Crippen LogP contribution in [0.15, 0.2) is 0 Å². The number of piperazine rings is 1. The number of likely N-dealkylation sites (tertiary alicyclic amines) is 1. The molecule has 122 valence electrons. The summed E-state index contributed by atoms with van der Waals surface area (Å²) in [5.74, 6) is 1.62. The highest BCUT2D eigenvalue weighted by Crippen LogP contribution is 2.27. The van der Waals surface area contributed by atoms with Gasteiger partial charge in [0.1, 0.15) is 0 Å². The lowest BCUT2D eigenvalue weighted by atomic mass is 9.84. The third-order valence-corrected chi connectivity index (χ3v) is 5.57. The first-order valence-electron chi connectivity index (χ1n) is 8.80. The van der Waals surface area contributed by atoms with Crippen molar-refractivity contribution < 1.29 is 4.79 Å². The van der Waals surface area contributed by atoms with Crippen LogP contribution in [-0.2, 0) is 0 Å². The average Bonchev–Trinajstić information content (AvgIpc) is 2.53. The van der Waals surface area contributed by atoms with E-state index in [2.05, 4.69) is 42.4 Å². The van der Waals surface area contributed by atoms with Crippen molar-refractivity contribution in [2.75, 3.05) is 39.3 Å². The third-order valence-electron chi connectivity index (χ3n) is 5.57. The van der Waals surface area contributed by atoms with Crippen molar-refractivity contribution >= 4 is 6.03 Å². The lowest BCUT2D eigenvalue weighted by molar-refractivity contribution is 0.0858. The Morgan fingerprint density at radius 2 is 1.48 bits per heavy atom. The predicted molar refractivity (Wildman–Crippen MR) is 87.4 cm³/mol. The summed E-state index contributed by atoms with van der Waals surface area (Å²) in [5, 5.41) is 0. The van der Waals surface area contributed by atoms with Crippen molar-refractivity contribution in [2.45, 2.75) is 53.0 Å². The van der Waals surface area contributed by atoms with Crippen molar-refractivity contribution in [3.63, 3.8) is 0 Å². The molecular weight excluding hydrogens is 262 g/mol. The molecular formula is C17H33N3O. The molecule has 1 atom stereocenters. The van der Waals surface area contributed by atoms with E-state index in [1.54, 1.807) is 0 Å². The van der Waals surface area contributed by atoms with Gasteiger partial charge in [0.15, 0.2) is 0 Å². The van der Waals surface area contributed by atoms with E-state index in [1.807, 2.05) is 0 Å². The maximum Gasteiger partial charge on any atom is 0.320 e. The first-order valence-corrected chi connectivity index (χ1v) is 8.80. The number of nitrogens with zero attached hydrogens (tertiary/aromatic N) is 3. The molecule has 0 N–H and O–H groups in total. The lowest BCUT2D eigenvalue weighted by Gasteiger charge is -2.41. The second kappa shape index (κ2) is 7.48. The van der Waals surface area contributed by atoms with Crippen molar-refractivity contribution in [3.05, 3.63) is 0 Å². The van der Waals surface area contributed by atoms with Crippen LogP contribution in [0, 0.1) is 11.8 Å². The Morgan fingerprint density at radius 3 is 1.95 bits per heavy atom. The third kappa shape index (κ3) is 4.12. The second-order valence-corrected chi connectivity index (χ2v) is 7.11. The molecule has 4 nitrogen and oxygen atoms in total. The maximum atomic E-state index is 12.6. The van der Waals surface area contributed by atoms with Gasteiger partial charge in [-0.3, -0.25) is 4.90 Å². The van der Waals surface area contributed by atoms with E-state index in [1.165, 1.54) is 19.3 Å². The Balaban J connectivity index is 1.78. The minimum atomic E-state index is 0.279. The van der Waals surface area contributed by atoms with Crippen LogP contribution < -0.4 is 0 Å². The van der Waals surface area contributed by atoms with Gasteiger partial charge >= 0.3 is 6.03 Å². The summed E-state index contributed by atoms with van der Waals surface area (Å²) in [6.07, 6.45) is 3.63. The highest BCUT2D eigenvalue weighted by Gasteiger charge is 2.30. The van der Waals surface area contributed by atoms with Gasteiger partial charge in [0.25, 0.3) is 0 Å². The van der Waals surface area contributed by atoms with E-state index in [-0.39, 0.29) is 6.03 Å². The molecule has 2 rings (SSSR count). The fourth-order valence-corrected chi connectivity index (χ4v) is 3.62. The molecule has 0 aromatic carbocycles. The molecule has 0 saturated carbocycles. The number of rotatable bonds is 3. The molecule has 0 spiro atoms. The van der Waals surface area contributed by atoms with Gasteiger partial charge in [-0.15, -0.1) is 0 Å². The van der Waals surface area contributed by atoms with Gasteiger partial charge in [-0.25, -0.2) is 4.79 Å². The van der Waals surface area contributed by atoms with E-state index < -0.39 is 0 Å². The van der Waals surface area contributed by atoms with Crippen molar-refractivity contribution in [1.29, 1.82) is 0 Å². The zero-order valence-corrected chi connectivity index (χ0v) is 14.3. The molecule has 2 aliphatic rings. The number of amides is 2. The first-order chi connectivity index (χ1) is 10.0. The van der Waals surface area contributed by atoms with E-state index in [0.29, 0.717) is 6.04 Å². The van der Waals surface area contributed by atoms with Crippen LogP contribution in [0.25, 0.3) is 0 Å². The van der Waals surface area contributed by atoms with Gasteiger partial charge in [-0.2, -0.15) is 0 Å². The van der Waals surface area contributed by atoms with Crippen molar-refractivity contribution in [3.8, 4) is 0 Å². The molecule has 0 aliphatic carbocycles. The zero-order valence-electron chi connectivity index (χ0n) is 14.3. The van der Waals surface area contributed by atoms with Gasteiger partial charge in [-0.05, 0) is 38.5 Å². The summed E-state index contributed by atoms with van der Waals surface area (Å²) in [4.78, 5) is 19.2. The number of carbonyl (C=O) groups excluding carboxylic acids is 1. The quantitative estimate of drug-likeness (QED) is 0.800. The molecule has 2 saturated heterocycles. The number of urea groups is 1. The molecule has 2 amide bonds. The van der Waals surface area contributed by atoms with E-state index in [9.17, 15) is 4.79 Å². The van der Waals surface area contributed by atoms with E-state index in [0.717, 1.165) is 51.1 Å². The normalized spacial score (nSPS) is 23.7. The highest BCUT2D eigenvalue weighted by molar-refractivity contribution is 5.74. The fourth-order valence-electron chi connectivity index (χ4n) is 3.62. The molecule has 0 aromatic heterocycles. The monoisotopic (exact) mass is 295 g/mol. The largest absolute Gasteiger partial charge is 0.325 e. The van der Waals surface area contributed by atoms with Crippen LogP contribution in [0.4, 0.5) is 4.79 Å². The summed E-state index contributed by atoms with van der Waals surface area (Å²) >= 11 is 0. The van der Waals surface area contributed by atoms with Crippen molar-refractivity contribution in [1.82, 2.24) is 14.7 Å². The molecule has 0 bridgehead atoms.